The fourth-order valence-electron chi connectivity index (χ4n) is 2.48. The highest BCUT2D eigenvalue weighted by Gasteiger charge is 2.53. The molecule has 2 fully saturated rings. The van der Waals surface area contributed by atoms with Crippen molar-refractivity contribution in [3.63, 3.8) is 0 Å². The smallest absolute Gasteiger partial charge is 0.254 e. The second kappa shape index (κ2) is 3.62. The molecule has 0 aromatic heterocycles. The van der Waals surface area contributed by atoms with Gasteiger partial charge < -0.3 is 20.2 Å². The van der Waals surface area contributed by atoms with E-state index in [2.05, 4.69) is 0 Å². The summed E-state index contributed by atoms with van der Waals surface area (Å²) >= 11 is 0. The lowest BCUT2D eigenvalue weighted by atomic mass is 9.88. The van der Waals surface area contributed by atoms with Crippen LogP contribution in [0.15, 0.2) is 18.2 Å². The van der Waals surface area contributed by atoms with Crippen LogP contribution in [0.25, 0.3) is 0 Å². The van der Waals surface area contributed by atoms with Gasteiger partial charge in [0.25, 0.3) is 5.91 Å². The lowest BCUT2D eigenvalue weighted by Gasteiger charge is -2.47. The van der Waals surface area contributed by atoms with Crippen LogP contribution in [-0.4, -0.2) is 44.8 Å². The molecule has 0 radical (unpaired) electrons. The average Bonchev–Trinajstić information content (AvgIpc) is 3.12. The van der Waals surface area contributed by atoms with Gasteiger partial charge in [0, 0.05) is 5.56 Å². The molecule has 5 heteroatoms. The van der Waals surface area contributed by atoms with Crippen LogP contribution >= 0.6 is 0 Å². The molecule has 3 N–H and O–H groups in total. The van der Waals surface area contributed by atoms with Crippen LogP contribution in [0.2, 0.25) is 0 Å². The highest BCUT2D eigenvalue weighted by Crippen LogP contribution is 2.44. The molecule has 1 amide bonds. The van der Waals surface area contributed by atoms with Crippen molar-refractivity contribution in [2.24, 2.45) is 5.92 Å². The van der Waals surface area contributed by atoms with Crippen LogP contribution in [0.4, 0.5) is 0 Å². The fourth-order valence-corrected chi connectivity index (χ4v) is 2.48. The fraction of sp³-hybridized carbons (Fsp3) is 0.462. The normalized spacial score (nSPS) is 21.5. The predicted molar refractivity (Wildman–Crippen MR) is 63.3 cm³/mol. The summed E-state index contributed by atoms with van der Waals surface area (Å²) in [5, 5.41) is 28.7. The van der Waals surface area contributed by atoms with Crippen LogP contribution in [0, 0.1) is 5.92 Å². The molecule has 1 saturated carbocycles. The van der Waals surface area contributed by atoms with E-state index >= 15 is 0 Å². The number of benzene rings is 1. The summed E-state index contributed by atoms with van der Waals surface area (Å²) in [6.45, 7) is 0.719. The third-order valence-electron chi connectivity index (χ3n) is 3.78. The summed E-state index contributed by atoms with van der Waals surface area (Å²) in [5.41, 5.74) is -0.377. The van der Waals surface area contributed by atoms with Crippen LogP contribution in [0.5, 0.6) is 11.5 Å². The van der Waals surface area contributed by atoms with E-state index in [1.807, 2.05) is 0 Å². The first-order valence-electron chi connectivity index (χ1n) is 6.03. The Kier molecular flexibility index (Phi) is 2.28. The van der Waals surface area contributed by atoms with Crippen molar-refractivity contribution in [1.82, 2.24) is 4.90 Å². The van der Waals surface area contributed by atoms with E-state index in [9.17, 15) is 20.1 Å². The molecule has 1 aromatic carbocycles. The SMILES string of the molecule is O=C(c1ccc(O)c(O)c1)N1CC(O)(C2CC2)C1. The van der Waals surface area contributed by atoms with E-state index in [0.29, 0.717) is 24.6 Å². The van der Waals surface area contributed by atoms with Gasteiger partial charge in [-0.3, -0.25) is 4.79 Å². The molecule has 5 nitrogen and oxygen atoms in total. The standard InChI is InChI=1S/C13H15NO4/c15-10-4-1-8(5-11(10)16)12(17)14-6-13(18,7-14)9-2-3-9/h1,4-5,9,15-16,18H,2-3,6-7H2. The molecule has 96 valence electrons. The monoisotopic (exact) mass is 249 g/mol. The first kappa shape index (κ1) is 11.3. The van der Waals surface area contributed by atoms with Gasteiger partial charge in [0.1, 0.15) is 5.60 Å². The molecule has 18 heavy (non-hydrogen) atoms. The number of phenolic OH excluding ortho intramolecular Hbond substituents is 2. The summed E-state index contributed by atoms with van der Waals surface area (Å²) in [6.07, 6.45) is 2.08. The molecule has 1 aliphatic carbocycles. The van der Waals surface area contributed by atoms with Gasteiger partial charge in [-0.05, 0) is 37.0 Å². The van der Waals surface area contributed by atoms with Crippen LogP contribution in [0.1, 0.15) is 23.2 Å². The number of hydrogen-bond donors (Lipinski definition) is 3. The maximum atomic E-state index is 12.0. The van der Waals surface area contributed by atoms with Gasteiger partial charge in [0.2, 0.25) is 0 Å². The van der Waals surface area contributed by atoms with Crippen molar-refractivity contribution in [1.29, 1.82) is 0 Å². The minimum atomic E-state index is -0.700. The van der Waals surface area contributed by atoms with Gasteiger partial charge in [-0.15, -0.1) is 0 Å². The Hall–Kier alpha value is -1.75. The zero-order chi connectivity index (χ0) is 12.9. The summed E-state index contributed by atoms with van der Waals surface area (Å²) in [6, 6.07) is 3.99. The summed E-state index contributed by atoms with van der Waals surface area (Å²) in [4.78, 5) is 13.6. The lowest BCUT2D eigenvalue weighted by molar-refractivity contribution is -0.0958. The van der Waals surface area contributed by atoms with E-state index in [1.165, 1.54) is 18.2 Å². The Labute approximate surface area is 104 Å². The molecule has 1 aromatic rings. The minimum absolute atomic E-state index is 0.226. The highest BCUT2D eigenvalue weighted by atomic mass is 16.3. The van der Waals surface area contributed by atoms with E-state index in [0.717, 1.165) is 12.8 Å². The predicted octanol–water partition coefficient (Wildman–Crippen LogP) is 0.695. The molecule has 1 aliphatic heterocycles. The van der Waals surface area contributed by atoms with Gasteiger partial charge in [0.15, 0.2) is 11.5 Å². The van der Waals surface area contributed by atoms with Gasteiger partial charge in [-0.2, -0.15) is 0 Å². The Bertz CT molecular complexity index is 504. The number of likely N-dealkylation sites (tertiary alicyclic amines) is 1. The molecule has 1 saturated heterocycles. The number of carbonyl (C=O) groups excluding carboxylic acids is 1. The van der Waals surface area contributed by atoms with Gasteiger partial charge in [-0.1, -0.05) is 0 Å². The summed E-state index contributed by atoms with van der Waals surface area (Å²) < 4.78 is 0. The Balaban J connectivity index is 1.70. The second-order valence-electron chi connectivity index (χ2n) is 5.24. The van der Waals surface area contributed by atoms with Crippen molar-refractivity contribution in [2.75, 3.05) is 13.1 Å². The first-order valence-corrected chi connectivity index (χ1v) is 6.03. The van der Waals surface area contributed by atoms with Gasteiger partial charge in [0.05, 0.1) is 13.1 Å². The van der Waals surface area contributed by atoms with Crippen LogP contribution in [-0.2, 0) is 0 Å². The molecular formula is C13H15NO4. The number of amides is 1. The molecule has 1 heterocycles. The van der Waals surface area contributed by atoms with Crippen molar-refractivity contribution in [3.8, 4) is 11.5 Å². The Morgan fingerprint density at radius 2 is 1.89 bits per heavy atom. The van der Waals surface area contributed by atoms with Crippen molar-refractivity contribution in [2.45, 2.75) is 18.4 Å². The molecule has 0 bridgehead atoms. The Morgan fingerprint density at radius 3 is 2.44 bits per heavy atom. The molecular weight excluding hydrogens is 234 g/mol. The Morgan fingerprint density at radius 1 is 1.22 bits per heavy atom. The number of β-amino-alcohol motifs (C(OH)–C–C–N with tert-alkyl or cyclic N) is 1. The number of nitrogens with zero attached hydrogens (tertiary/aromatic N) is 1. The number of rotatable bonds is 2. The second-order valence-corrected chi connectivity index (χ2v) is 5.24. The van der Waals surface area contributed by atoms with Gasteiger partial charge >= 0.3 is 0 Å². The summed E-state index contributed by atoms with van der Waals surface area (Å²) in [5.74, 6) is -0.436. The lowest BCUT2D eigenvalue weighted by Crippen LogP contribution is -2.64. The molecule has 0 unspecified atom stereocenters. The zero-order valence-electron chi connectivity index (χ0n) is 9.83. The van der Waals surface area contributed by atoms with E-state index in [-0.39, 0.29) is 17.4 Å². The molecule has 0 atom stereocenters. The van der Waals surface area contributed by atoms with E-state index < -0.39 is 5.60 Å². The molecule has 2 aliphatic rings. The number of aliphatic hydroxyl groups is 1. The largest absolute Gasteiger partial charge is 0.504 e. The maximum Gasteiger partial charge on any atom is 0.254 e. The third-order valence-corrected chi connectivity index (χ3v) is 3.78. The number of carbonyl (C=O) groups is 1. The molecule has 3 rings (SSSR count). The zero-order valence-corrected chi connectivity index (χ0v) is 9.83. The van der Waals surface area contributed by atoms with Crippen LogP contribution in [0.3, 0.4) is 0 Å². The highest BCUT2D eigenvalue weighted by molar-refractivity contribution is 5.95. The molecule has 0 spiro atoms. The van der Waals surface area contributed by atoms with E-state index in [4.69, 9.17) is 0 Å². The van der Waals surface area contributed by atoms with Crippen molar-refractivity contribution in [3.05, 3.63) is 23.8 Å². The average molecular weight is 249 g/mol. The van der Waals surface area contributed by atoms with E-state index in [1.54, 1.807) is 4.90 Å². The van der Waals surface area contributed by atoms with Crippen molar-refractivity contribution >= 4 is 5.91 Å². The van der Waals surface area contributed by atoms with Crippen LogP contribution < -0.4 is 0 Å². The third kappa shape index (κ3) is 1.71. The number of phenols is 2. The quantitative estimate of drug-likeness (QED) is 0.674. The minimum Gasteiger partial charge on any atom is -0.504 e. The van der Waals surface area contributed by atoms with Crippen molar-refractivity contribution < 1.29 is 20.1 Å². The maximum absolute atomic E-state index is 12.0. The topological polar surface area (TPSA) is 81.0 Å². The first-order chi connectivity index (χ1) is 8.49. The number of hydrogen-bond acceptors (Lipinski definition) is 4. The van der Waals surface area contributed by atoms with Gasteiger partial charge in [-0.25, -0.2) is 0 Å². The summed E-state index contributed by atoms with van der Waals surface area (Å²) in [7, 11) is 0. The number of aromatic hydroxyl groups is 2.